The molecule has 0 saturated heterocycles. The van der Waals surface area contributed by atoms with Gasteiger partial charge in [-0.25, -0.2) is 4.79 Å². The molecule has 0 unspecified atom stereocenters. The van der Waals surface area contributed by atoms with Crippen LogP contribution in [0.2, 0.25) is 5.02 Å². The lowest BCUT2D eigenvalue weighted by atomic mass is 10.0. The molecule has 1 N–H and O–H groups in total. The number of aromatic nitrogens is 1. The summed E-state index contributed by atoms with van der Waals surface area (Å²) >= 11 is 7.77. The van der Waals surface area contributed by atoms with Gasteiger partial charge in [0.2, 0.25) is 5.69 Å². The highest BCUT2D eigenvalue weighted by atomic mass is 35.5. The van der Waals surface area contributed by atoms with Crippen LogP contribution in [0.1, 0.15) is 33.7 Å². The molecule has 0 aliphatic heterocycles. The number of hydrogen-bond donors (Lipinski definition) is 1. The molecule has 0 spiro atoms. The maximum absolute atomic E-state index is 12.4. The normalized spacial score (nSPS) is 14.1. The second-order valence-electron chi connectivity index (χ2n) is 5.02. The van der Waals surface area contributed by atoms with Crippen molar-refractivity contribution < 1.29 is 19.2 Å². The van der Waals surface area contributed by atoms with Gasteiger partial charge in [-0.05, 0) is 37.3 Å². The van der Waals surface area contributed by atoms with Gasteiger partial charge in [-0.3, -0.25) is 4.79 Å². The van der Waals surface area contributed by atoms with E-state index in [-0.39, 0.29) is 28.7 Å². The zero-order chi connectivity index (χ0) is 15.9. The fourth-order valence-corrected chi connectivity index (χ4v) is 2.98. The summed E-state index contributed by atoms with van der Waals surface area (Å²) in [5, 5.41) is 13.2. The quantitative estimate of drug-likeness (QED) is 0.656. The smallest absolute Gasteiger partial charge is 0.358 e. The zero-order valence-corrected chi connectivity index (χ0v) is 13.2. The number of ketones is 1. The number of benzene rings is 1. The highest BCUT2D eigenvalue weighted by Crippen LogP contribution is 2.39. The minimum Gasteiger partial charge on any atom is -0.476 e. The lowest BCUT2D eigenvalue weighted by molar-refractivity contribution is 0.0681. The van der Waals surface area contributed by atoms with Crippen molar-refractivity contribution in [1.29, 1.82) is 0 Å². The first kappa shape index (κ1) is 15.1. The Morgan fingerprint density at radius 1 is 1.41 bits per heavy atom. The lowest BCUT2D eigenvalue weighted by Crippen LogP contribution is -2.09. The van der Waals surface area contributed by atoms with E-state index in [9.17, 15) is 14.7 Å². The molecule has 0 atom stereocenters. The first-order chi connectivity index (χ1) is 10.5. The van der Waals surface area contributed by atoms with Crippen molar-refractivity contribution in [1.82, 2.24) is 5.16 Å². The van der Waals surface area contributed by atoms with Crippen LogP contribution in [0, 0.1) is 5.92 Å². The van der Waals surface area contributed by atoms with Crippen LogP contribution in [-0.4, -0.2) is 28.3 Å². The molecule has 1 aromatic carbocycles. The van der Waals surface area contributed by atoms with Crippen molar-refractivity contribution in [2.45, 2.75) is 17.7 Å². The van der Waals surface area contributed by atoms with Crippen LogP contribution in [0.15, 0.2) is 27.6 Å². The van der Waals surface area contributed by atoms with E-state index in [0.29, 0.717) is 10.6 Å². The summed E-state index contributed by atoms with van der Waals surface area (Å²) < 4.78 is 5.15. The topological polar surface area (TPSA) is 80.4 Å². The van der Waals surface area contributed by atoms with Gasteiger partial charge < -0.3 is 9.63 Å². The van der Waals surface area contributed by atoms with E-state index in [1.54, 1.807) is 12.1 Å². The Hall–Kier alpha value is -1.79. The summed E-state index contributed by atoms with van der Waals surface area (Å²) in [7, 11) is 0. The van der Waals surface area contributed by atoms with Crippen molar-refractivity contribution in [3.63, 3.8) is 0 Å². The summed E-state index contributed by atoms with van der Waals surface area (Å²) in [5.74, 6) is -1.53. The van der Waals surface area contributed by atoms with Crippen molar-refractivity contribution in [2.24, 2.45) is 5.92 Å². The molecule has 0 amide bonds. The molecule has 1 aliphatic rings. The summed E-state index contributed by atoms with van der Waals surface area (Å²) in [6.45, 7) is 0. The molecular weight excluding hydrogens is 326 g/mol. The van der Waals surface area contributed by atoms with Crippen molar-refractivity contribution in [3.8, 4) is 11.3 Å². The van der Waals surface area contributed by atoms with Crippen LogP contribution in [0.3, 0.4) is 0 Å². The number of carboxylic acids is 1. The minimum atomic E-state index is -1.28. The molecule has 1 saturated carbocycles. The fraction of sp³-hybridized carbons (Fsp3) is 0.267. The summed E-state index contributed by atoms with van der Waals surface area (Å²) in [6, 6.07) is 5.29. The molecule has 1 aromatic heterocycles. The number of nitrogens with zero attached hydrogens (tertiary/aromatic N) is 1. The van der Waals surface area contributed by atoms with Gasteiger partial charge in [-0.2, -0.15) is 0 Å². The highest BCUT2D eigenvalue weighted by Gasteiger charge is 2.38. The van der Waals surface area contributed by atoms with Gasteiger partial charge in [-0.1, -0.05) is 16.8 Å². The number of carbonyl (C=O) groups is 2. The maximum Gasteiger partial charge on any atom is 0.358 e. The maximum atomic E-state index is 12.4. The van der Waals surface area contributed by atoms with Gasteiger partial charge in [0, 0.05) is 16.4 Å². The standard InChI is InChI=1S/C15H12ClNO4S/c1-22-8-4-5-9(10(16)6-8)14-11(13(18)7-2-3-7)12(15(19)20)17-21-14/h4-7H,2-3H2,1H3,(H,19,20). The average Bonchev–Trinajstić information content (AvgIpc) is 3.25. The first-order valence-corrected chi connectivity index (χ1v) is 8.24. The molecule has 114 valence electrons. The van der Waals surface area contributed by atoms with Gasteiger partial charge >= 0.3 is 5.97 Å². The summed E-state index contributed by atoms with van der Waals surface area (Å²) in [6.07, 6.45) is 3.45. The third-order valence-corrected chi connectivity index (χ3v) is 4.55. The number of carboxylic acid groups (broad SMARTS) is 1. The minimum absolute atomic E-state index is 0.0220. The molecule has 7 heteroatoms. The van der Waals surface area contributed by atoms with E-state index in [4.69, 9.17) is 16.1 Å². The molecule has 3 rings (SSSR count). The average molecular weight is 338 g/mol. The van der Waals surface area contributed by atoms with Crippen molar-refractivity contribution in [2.75, 3.05) is 6.26 Å². The lowest BCUT2D eigenvalue weighted by Gasteiger charge is -2.05. The largest absolute Gasteiger partial charge is 0.476 e. The Morgan fingerprint density at radius 3 is 2.68 bits per heavy atom. The number of carbonyl (C=O) groups excluding carboxylic acids is 1. The summed E-state index contributed by atoms with van der Waals surface area (Å²) in [5.41, 5.74) is 0.147. The fourth-order valence-electron chi connectivity index (χ4n) is 2.21. The van der Waals surface area contributed by atoms with E-state index in [2.05, 4.69) is 5.16 Å². The molecule has 2 aromatic rings. The Bertz CT molecular complexity index is 767. The number of thioether (sulfide) groups is 1. The van der Waals surface area contributed by atoms with Crippen LogP contribution in [0.25, 0.3) is 11.3 Å². The molecule has 22 heavy (non-hydrogen) atoms. The molecule has 0 bridgehead atoms. The molecule has 1 fully saturated rings. The van der Waals surface area contributed by atoms with Crippen LogP contribution in [0.4, 0.5) is 0 Å². The Kier molecular flexibility index (Phi) is 3.97. The van der Waals surface area contributed by atoms with E-state index in [1.807, 2.05) is 12.3 Å². The third kappa shape index (κ3) is 2.64. The van der Waals surface area contributed by atoms with Crippen LogP contribution < -0.4 is 0 Å². The van der Waals surface area contributed by atoms with E-state index >= 15 is 0 Å². The van der Waals surface area contributed by atoms with Crippen LogP contribution >= 0.6 is 23.4 Å². The van der Waals surface area contributed by atoms with E-state index in [1.165, 1.54) is 11.8 Å². The predicted octanol–water partition coefficient (Wildman–Crippen LogP) is 4.01. The van der Waals surface area contributed by atoms with Gasteiger partial charge in [0.25, 0.3) is 0 Å². The highest BCUT2D eigenvalue weighted by molar-refractivity contribution is 7.98. The SMILES string of the molecule is CSc1ccc(-c2onc(C(=O)O)c2C(=O)C2CC2)c(Cl)c1. The Labute approximate surface area is 135 Å². The third-order valence-electron chi connectivity index (χ3n) is 3.51. The molecule has 1 aliphatic carbocycles. The number of halogens is 1. The first-order valence-electron chi connectivity index (χ1n) is 6.64. The predicted molar refractivity (Wildman–Crippen MR) is 82.7 cm³/mol. The Balaban J connectivity index is 2.14. The van der Waals surface area contributed by atoms with Gasteiger partial charge in [0.05, 0.1) is 5.02 Å². The second kappa shape index (κ2) is 5.78. The monoisotopic (exact) mass is 337 g/mol. The molecule has 5 nitrogen and oxygen atoms in total. The molecule has 1 heterocycles. The van der Waals surface area contributed by atoms with Crippen LogP contribution in [-0.2, 0) is 0 Å². The second-order valence-corrected chi connectivity index (χ2v) is 6.31. The van der Waals surface area contributed by atoms with Crippen molar-refractivity contribution >= 4 is 35.1 Å². The number of Topliss-reactive ketones (excluding diaryl/α,β-unsaturated/α-hetero) is 1. The van der Waals surface area contributed by atoms with Crippen LogP contribution in [0.5, 0.6) is 0 Å². The number of hydrogen-bond acceptors (Lipinski definition) is 5. The molecule has 0 radical (unpaired) electrons. The van der Waals surface area contributed by atoms with Gasteiger partial charge in [0.1, 0.15) is 5.56 Å². The van der Waals surface area contributed by atoms with Gasteiger partial charge in [-0.15, -0.1) is 11.8 Å². The zero-order valence-electron chi connectivity index (χ0n) is 11.6. The number of aromatic carboxylic acids is 1. The Morgan fingerprint density at radius 2 is 2.14 bits per heavy atom. The number of rotatable bonds is 5. The van der Waals surface area contributed by atoms with E-state index in [0.717, 1.165) is 17.7 Å². The molecular formula is C15H12ClNO4S. The summed E-state index contributed by atoms with van der Waals surface area (Å²) in [4.78, 5) is 24.7. The van der Waals surface area contributed by atoms with Crippen molar-refractivity contribution in [3.05, 3.63) is 34.5 Å². The van der Waals surface area contributed by atoms with E-state index < -0.39 is 5.97 Å². The van der Waals surface area contributed by atoms with Gasteiger partial charge in [0.15, 0.2) is 11.5 Å².